The van der Waals surface area contributed by atoms with Crippen LogP contribution in [0.3, 0.4) is 0 Å². The van der Waals surface area contributed by atoms with E-state index in [1.165, 1.54) is 0 Å². The van der Waals surface area contributed by atoms with Crippen LogP contribution >= 0.6 is 24.0 Å². The highest BCUT2D eigenvalue weighted by molar-refractivity contribution is 14.0. The minimum Gasteiger partial charge on any atom is -0.356 e. The van der Waals surface area contributed by atoms with Crippen LogP contribution in [0.2, 0.25) is 0 Å². The normalized spacial score (nSPS) is 15.6. The van der Waals surface area contributed by atoms with Crippen molar-refractivity contribution in [1.82, 2.24) is 15.5 Å². The van der Waals surface area contributed by atoms with Gasteiger partial charge in [0.05, 0.1) is 0 Å². The lowest BCUT2D eigenvalue weighted by Gasteiger charge is -2.20. The summed E-state index contributed by atoms with van der Waals surface area (Å²) in [5.41, 5.74) is 0.763. The summed E-state index contributed by atoms with van der Waals surface area (Å²) in [6, 6.07) is 7.12. The zero-order valence-electron chi connectivity index (χ0n) is 15.6. The van der Waals surface area contributed by atoms with Gasteiger partial charge in [0.1, 0.15) is 5.82 Å². The standard InChI is InChI=1S/C19H31FN4.HI/c1-4-24(5-2)14-8-13-22-18(21-3)23-15-19(11-12-19)16-9-6-7-10-17(16)20;/h6-7,9-10H,4-5,8,11-15H2,1-3H3,(H2,21,22,23);1H. The molecule has 2 N–H and O–H groups in total. The number of hydrogen-bond donors (Lipinski definition) is 2. The van der Waals surface area contributed by atoms with E-state index in [1.54, 1.807) is 19.2 Å². The fourth-order valence-electron chi connectivity index (χ4n) is 3.11. The van der Waals surface area contributed by atoms with E-state index < -0.39 is 0 Å². The summed E-state index contributed by atoms with van der Waals surface area (Å²) in [6.07, 6.45) is 3.14. The third-order valence-corrected chi connectivity index (χ3v) is 4.95. The summed E-state index contributed by atoms with van der Waals surface area (Å²) in [5, 5.41) is 6.73. The maximum Gasteiger partial charge on any atom is 0.191 e. The van der Waals surface area contributed by atoms with Gasteiger partial charge in [-0.2, -0.15) is 0 Å². The molecule has 1 aromatic rings. The van der Waals surface area contributed by atoms with Crippen LogP contribution in [0, 0.1) is 5.82 Å². The first kappa shape index (κ1) is 22.2. The van der Waals surface area contributed by atoms with Crippen LogP contribution < -0.4 is 10.6 Å². The Morgan fingerprint density at radius 1 is 1.20 bits per heavy atom. The molecular formula is C19H32FIN4. The molecule has 1 saturated carbocycles. The largest absolute Gasteiger partial charge is 0.356 e. The Hall–Kier alpha value is -0.890. The van der Waals surface area contributed by atoms with Crippen molar-refractivity contribution in [3.05, 3.63) is 35.6 Å². The molecule has 1 aromatic carbocycles. The number of guanidine groups is 1. The number of halogens is 2. The predicted octanol–water partition coefficient (Wildman–Crippen LogP) is 3.37. The zero-order chi connectivity index (χ0) is 17.4. The number of nitrogens with zero attached hydrogens (tertiary/aromatic N) is 2. The highest BCUT2D eigenvalue weighted by Gasteiger charge is 2.45. The Labute approximate surface area is 168 Å². The Balaban J connectivity index is 0.00000312. The van der Waals surface area contributed by atoms with Gasteiger partial charge in [-0.25, -0.2) is 4.39 Å². The van der Waals surface area contributed by atoms with E-state index in [1.807, 2.05) is 12.1 Å². The van der Waals surface area contributed by atoms with Crippen molar-refractivity contribution in [2.24, 2.45) is 4.99 Å². The fraction of sp³-hybridized carbons (Fsp3) is 0.632. The molecule has 0 unspecified atom stereocenters. The SMILES string of the molecule is CCN(CC)CCCNC(=NC)NCC1(c2ccccc2F)CC1.I. The van der Waals surface area contributed by atoms with E-state index in [-0.39, 0.29) is 35.2 Å². The number of nitrogens with one attached hydrogen (secondary N) is 2. The first-order chi connectivity index (χ1) is 11.6. The van der Waals surface area contributed by atoms with Crippen LogP contribution in [0.5, 0.6) is 0 Å². The highest BCUT2D eigenvalue weighted by Crippen LogP contribution is 2.48. The molecule has 0 aliphatic heterocycles. The Morgan fingerprint density at radius 3 is 2.44 bits per heavy atom. The number of benzene rings is 1. The van der Waals surface area contributed by atoms with Gasteiger partial charge in [0.25, 0.3) is 0 Å². The predicted molar refractivity (Wildman–Crippen MR) is 114 cm³/mol. The molecule has 0 spiro atoms. The highest BCUT2D eigenvalue weighted by atomic mass is 127. The van der Waals surface area contributed by atoms with Gasteiger partial charge in [-0.15, -0.1) is 24.0 Å². The molecule has 2 rings (SSSR count). The quantitative estimate of drug-likeness (QED) is 0.256. The molecule has 0 bridgehead atoms. The molecule has 0 heterocycles. The molecule has 0 aromatic heterocycles. The smallest absolute Gasteiger partial charge is 0.191 e. The topological polar surface area (TPSA) is 39.7 Å². The second-order valence-electron chi connectivity index (χ2n) is 6.49. The lowest BCUT2D eigenvalue weighted by molar-refractivity contribution is 0.300. The van der Waals surface area contributed by atoms with Crippen LogP contribution in [-0.2, 0) is 5.41 Å². The number of rotatable bonds is 9. The maximum atomic E-state index is 14.0. The van der Waals surface area contributed by atoms with Crippen molar-refractivity contribution < 1.29 is 4.39 Å². The molecule has 6 heteroatoms. The average Bonchev–Trinajstić information content (AvgIpc) is 3.39. The lowest BCUT2D eigenvalue weighted by atomic mass is 9.95. The molecule has 1 fully saturated rings. The third-order valence-electron chi connectivity index (χ3n) is 4.95. The van der Waals surface area contributed by atoms with Gasteiger partial charge in [-0.05, 0) is 50.5 Å². The molecule has 1 aliphatic rings. The summed E-state index contributed by atoms with van der Waals surface area (Å²) in [4.78, 5) is 6.69. The molecule has 0 radical (unpaired) electrons. The molecular weight excluding hydrogens is 430 g/mol. The van der Waals surface area contributed by atoms with Crippen LogP contribution in [0.1, 0.15) is 38.7 Å². The Morgan fingerprint density at radius 2 is 1.88 bits per heavy atom. The molecule has 0 atom stereocenters. The van der Waals surface area contributed by atoms with E-state index in [2.05, 4.69) is 34.4 Å². The first-order valence-corrected chi connectivity index (χ1v) is 9.07. The van der Waals surface area contributed by atoms with E-state index >= 15 is 0 Å². The molecule has 0 amide bonds. The minimum atomic E-state index is -0.0982. The maximum absolute atomic E-state index is 14.0. The van der Waals surface area contributed by atoms with Gasteiger partial charge in [0.15, 0.2) is 5.96 Å². The van der Waals surface area contributed by atoms with Gasteiger partial charge < -0.3 is 15.5 Å². The Bertz CT molecular complexity index is 542. The molecule has 1 aliphatic carbocycles. The van der Waals surface area contributed by atoms with Crippen LogP contribution in [0.15, 0.2) is 29.3 Å². The van der Waals surface area contributed by atoms with E-state index in [4.69, 9.17) is 0 Å². The van der Waals surface area contributed by atoms with Gasteiger partial charge in [-0.3, -0.25) is 4.99 Å². The van der Waals surface area contributed by atoms with Crippen LogP contribution in [0.4, 0.5) is 4.39 Å². The summed E-state index contributed by atoms with van der Waals surface area (Å²) in [7, 11) is 1.78. The first-order valence-electron chi connectivity index (χ1n) is 9.07. The third kappa shape index (κ3) is 6.40. The fourth-order valence-corrected chi connectivity index (χ4v) is 3.11. The monoisotopic (exact) mass is 462 g/mol. The summed E-state index contributed by atoms with van der Waals surface area (Å²) < 4.78 is 14.0. The van der Waals surface area contributed by atoms with Crippen LogP contribution in [0.25, 0.3) is 0 Å². The molecule has 25 heavy (non-hydrogen) atoms. The summed E-state index contributed by atoms with van der Waals surface area (Å²) in [5.74, 6) is 0.705. The number of hydrogen-bond acceptors (Lipinski definition) is 2. The van der Waals surface area contributed by atoms with Crippen molar-refractivity contribution in [3.63, 3.8) is 0 Å². The zero-order valence-corrected chi connectivity index (χ0v) is 18.0. The Kier molecular flexibility index (Phi) is 9.71. The summed E-state index contributed by atoms with van der Waals surface area (Å²) >= 11 is 0. The molecule has 142 valence electrons. The van der Waals surface area contributed by atoms with Gasteiger partial charge in [0, 0.05) is 25.6 Å². The number of aliphatic imine (C=N–C) groups is 1. The van der Waals surface area contributed by atoms with Crippen molar-refractivity contribution in [2.45, 2.75) is 38.5 Å². The van der Waals surface area contributed by atoms with Gasteiger partial charge >= 0.3 is 0 Å². The van der Waals surface area contributed by atoms with Gasteiger partial charge in [0.2, 0.25) is 0 Å². The van der Waals surface area contributed by atoms with Crippen molar-refractivity contribution in [2.75, 3.05) is 39.8 Å². The minimum absolute atomic E-state index is 0. The van der Waals surface area contributed by atoms with Crippen molar-refractivity contribution >= 4 is 29.9 Å². The summed E-state index contributed by atoms with van der Waals surface area (Å²) in [6.45, 7) is 9.27. The van der Waals surface area contributed by atoms with E-state index in [0.29, 0.717) is 0 Å². The average molecular weight is 462 g/mol. The van der Waals surface area contributed by atoms with Crippen molar-refractivity contribution in [1.29, 1.82) is 0 Å². The second-order valence-corrected chi connectivity index (χ2v) is 6.49. The lowest BCUT2D eigenvalue weighted by Crippen LogP contribution is -2.42. The molecule has 4 nitrogen and oxygen atoms in total. The van der Waals surface area contributed by atoms with Crippen molar-refractivity contribution in [3.8, 4) is 0 Å². The van der Waals surface area contributed by atoms with Gasteiger partial charge in [-0.1, -0.05) is 32.0 Å². The van der Waals surface area contributed by atoms with E-state index in [0.717, 1.165) is 63.5 Å². The second kappa shape index (κ2) is 11.0. The molecule has 0 saturated heterocycles. The van der Waals surface area contributed by atoms with E-state index in [9.17, 15) is 4.39 Å². The van der Waals surface area contributed by atoms with Crippen LogP contribution in [-0.4, -0.2) is 50.6 Å².